The van der Waals surface area contributed by atoms with Gasteiger partial charge >= 0.3 is 0 Å². The molecule has 1 fully saturated rings. The van der Waals surface area contributed by atoms with Crippen LogP contribution in [0.2, 0.25) is 10.0 Å². The van der Waals surface area contributed by atoms with E-state index in [-0.39, 0.29) is 5.95 Å². The highest BCUT2D eigenvalue weighted by molar-refractivity contribution is 6.41. The van der Waals surface area contributed by atoms with Crippen molar-refractivity contribution in [2.45, 2.75) is 46.0 Å². The van der Waals surface area contributed by atoms with Gasteiger partial charge in [0.25, 0.3) is 0 Å². The summed E-state index contributed by atoms with van der Waals surface area (Å²) in [6.07, 6.45) is 7.70. The zero-order valence-corrected chi connectivity index (χ0v) is 22.9. The van der Waals surface area contributed by atoms with Crippen LogP contribution >= 0.6 is 23.2 Å². The molecule has 196 valence electrons. The molecule has 1 saturated heterocycles. The third kappa shape index (κ3) is 6.81. The molecule has 10 heteroatoms. The Hall–Kier alpha value is -2.55. The highest BCUT2D eigenvalue weighted by Crippen LogP contribution is 2.46. The second kappa shape index (κ2) is 13.7. The Morgan fingerprint density at radius 1 is 1.00 bits per heavy atom. The molecule has 0 spiro atoms. The van der Waals surface area contributed by atoms with Gasteiger partial charge < -0.3 is 25.3 Å². The lowest BCUT2D eigenvalue weighted by atomic mass is 10.0. The first kappa shape index (κ1) is 28.0. The van der Waals surface area contributed by atoms with Gasteiger partial charge in [-0.25, -0.2) is 15.0 Å². The third-order valence-electron chi connectivity index (χ3n) is 6.20. The SMILES string of the molecule is C1CCOCC1.CCC(CC)CNc1nc(-c2c(Cl)c(OC)cc(OC)c2Cl)cc2cnc(N)nc12. The Morgan fingerprint density at radius 2 is 1.64 bits per heavy atom. The molecule has 3 heterocycles. The summed E-state index contributed by atoms with van der Waals surface area (Å²) in [6, 6.07) is 3.47. The number of aromatic nitrogens is 3. The minimum absolute atomic E-state index is 0.182. The fourth-order valence-corrected chi connectivity index (χ4v) is 4.61. The van der Waals surface area contributed by atoms with Gasteiger partial charge in [-0.05, 0) is 31.2 Å². The number of hydrogen-bond acceptors (Lipinski definition) is 8. The molecule has 0 radical (unpaired) electrons. The van der Waals surface area contributed by atoms with Gasteiger partial charge in [-0.15, -0.1) is 0 Å². The fourth-order valence-electron chi connectivity index (χ4n) is 3.92. The summed E-state index contributed by atoms with van der Waals surface area (Å²) >= 11 is 13.2. The van der Waals surface area contributed by atoms with E-state index in [1.165, 1.54) is 33.5 Å². The van der Waals surface area contributed by atoms with E-state index in [9.17, 15) is 0 Å². The number of anilines is 2. The highest BCUT2D eigenvalue weighted by Gasteiger charge is 2.21. The number of pyridine rings is 1. The number of nitrogen functional groups attached to an aromatic ring is 1. The number of rotatable bonds is 8. The summed E-state index contributed by atoms with van der Waals surface area (Å²) in [5, 5.41) is 4.87. The van der Waals surface area contributed by atoms with Crippen molar-refractivity contribution in [2.75, 3.05) is 45.0 Å². The van der Waals surface area contributed by atoms with Crippen LogP contribution in [0.1, 0.15) is 46.0 Å². The van der Waals surface area contributed by atoms with E-state index in [4.69, 9.17) is 48.1 Å². The summed E-state index contributed by atoms with van der Waals surface area (Å²) in [5.74, 6) is 2.16. The first-order valence-electron chi connectivity index (χ1n) is 12.3. The molecule has 0 atom stereocenters. The number of ether oxygens (including phenoxy) is 3. The molecule has 3 aromatic rings. The average molecular weight is 537 g/mol. The molecule has 1 aliphatic rings. The predicted octanol–water partition coefficient (Wildman–Crippen LogP) is 6.63. The van der Waals surface area contributed by atoms with Crippen molar-refractivity contribution < 1.29 is 14.2 Å². The highest BCUT2D eigenvalue weighted by atomic mass is 35.5. The lowest BCUT2D eigenvalue weighted by Gasteiger charge is -2.18. The lowest BCUT2D eigenvalue weighted by Crippen LogP contribution is -2.14. The van der Waals surface area contributed by atoms with E-state index in [1.807, 2.05) is 6.07 Å². The van der Waals surface area contributed by atoms with Crippen LogP contribution in [0.4, 0.5) is 11.8 Å². The number of halogens is 2. The van der Waals surface area contributed by atoms with Crippen LogP contribution in [0.25, 0.3) is 22.2 Å². The number of methoxy groups -OCH3 is 2. The van der Waals surface area contributed by atoms with Crippen molar-refractivity contribution in [1.29, 1.82) is 0 Å². The molecule has 0 unspecified atom stereocenters. The van der Waals surface area contributed by atoms with E-state index < -0.39 is 0 Å². The molecule has 1 aliphatic heterocycles. The van der Waals surface area contributed by atoms with E-state index in [0.717, 1.165) is 38.0 Å². The summed E-state index contributed by atoms with van der Waals surface area (Å²) in [6.45, 7) is 7.09. The van der Waals surface area contributed by atoms with Gasteiger partial charge in [-0.3, -0.25) is 0 Å². The van der Waals surface area contributed by atoms with Gasteiger partial charge in [0.05, 0.1) is 30.0 Å². The van der Waals surface area contributed by atoms with Crippen LogP contribution in [-0.4, -0.2) is 48.9 Å². The zero-order valence-electron chi connectivity index (χ0n) is 21.4. The third-order valence-corrected chi connectivity index (χ3v) is 6.95. The maximum Gasteiger partial charge on any atom is 0.220 e. The summed E-state index contributed by atoms with van der Waals surface area (Å²) in [4.78, 5) is 13.3. The maximum atomic E-state index is 6.60. The Balaban J connectivity index is 0.000000526. The number of hydrogen-bond donors (Lipinski definition) is 2. The quantitative estimate of drug-likeness (QED) is 0.331. The molecule has 0 aliphatic carbocycles. The molecule has 0 amide bonds. The van der Waals surface area contributed by atoms with Gasteiger partial charge in [-0.2, -0.15) is 0 Å². The van der Waals surface area contributed by atoms with Crippen LogP contribution in [-0.2, 0) is 4.74 Å². The zero-order chi connectivity index (χ0) is 26.1. The van der Waals surface area contributed by atoms with Crippen LogP contribution in [0.5, 0.6) is 11.5 Å². The fraction of sp³-hybridized carbons (Fsp3) is 0.500. The van der Waals surface area contributed by atoms with Crippen molar-refractivity contribution in [3.63, 3.8) is 0 Å². The Morgan fingerprint density at radius 3 is 2.14 bits per heavy atom. The van der Waals surface area contributed by atoms with Crippen molar-refractivity contribution in [3.8, 4) is 22.8 Å². The lowest BCUT2D eigenvalue weighted by molar-refractivity contribution is 0.0968. The molecule has 4 rings (SSSR count). The minimum Gasteiger partial charge on any atom is -0.495 e. The smallest absolute Gasteiger partial charge is 0.220 e. The van der Waals surface area contributed by atoms with Crippen molar-refractivity contribution in [1.82, 2.24) is 15.0 Å². The Kier molecular flexibility index (Phi) is 10.6. The van der Waals surface area contributed by atoms with E-state index >= 15 is 0 Å². The predicted molar refractivity (Wildman–Crippen MR) is 148 cm³/mol. The van der Waals surface area contributed by atoms with Crippen LogP contribution < -0.4 is 20.5 Å². The van der Waals surface area contributed by atoms with E-state index in [2.05, 4.69) is 29.1 Å². The number of nitrogens with zero attached hydrogens (tertiary/aromatic N) is 3. The first-order chi connectivity index (χ1) is 17.4. The topological polar surface area (TPSA) is 104 Å². The van der Waals surface area contributed by atoms with Crippen LogP contribution in [0.3, 0.4) is 0 Å². The second-order valence-electron chi connectivity index (χ2n) is 8.54. The maximum absolute atomic E-state index is 6.60. The monoisotopic (exact) mass is 535 g/mol. The normalized spacial score (nSPS) is 13.3. The average Bonchev–Trinajstić information content (AvgIpc) is 2.91. The molecule has 8 nitrogen and oxygen atoms in total. The molecule has 36 heavy (non-hydrogen) atoms. The van der Waals surface area contributed by atoms with Gasteiger partial charge in [0.2, 0.25) is 5.95 Å². The molecular formula is C26H35Cl2N5O3. The van der Waals surface area contributed by atoms with Crippen LogP contribution in [0, 0.1) is 5.92 Å². The first-order valence-corrected chi connectivity index (χ1v) is 13.0. The largest absolute Gasteiger partial charge is 0.495 e. The van der Waals surface area contributed by atoms with E-state index in [1.54, 1.807) is 12.3 Å². The standard InChI is InChI=1S/C21H25Cl2N5O2.C5H10O/c1-5-11(6-2)9-25-20-19-12(10-26-21(24)28-19)7-13(27-20)16-17(22)14(29-3)8-15(30-4)18(16)23;1-2-4-6-5-3-1/h7-8,10-11H,5-6,9H2,1-4H3,(H,25,27)(H2,24,26,28);1-5H2. The molecule has 3 N–H and O–H groups in total. The Labute approximate surface area is 222 Å². The molecule has 0 saturated carbocycles. The minimum atomic E-state index is 0.182. The van der Waals surface area contributed by atoms with E-state index in [0.29, 0.717) is 50.1 Å². The second-order valence-corrected chi connectivity index (χ2v) is 9.30. The van der Waals surface area contributed by atoms with Gasteiger partial charge in [0, 0.05) is 43.0 Å². The van der Waals surface area contributed by atoms with Crippen molar-refractivity contribution in [2.24, 2.45) is 5.92 Å². The van der Waals surface area contributed by atoms with Crippen molar-refractivity contribution in [3.05, 3.63) is 28.4 Å². The molecular weight excluding hydrogens is 501 g/mol. The summed E-state index contributed by atoms with van der Waals surface area (Å²) in [7, 11) is 3.07. The van der Waals surface area contributed by atoms with Gasteiger partial charge in [0.15, 0.2) is 5.82 Å². The van der Waals surface area contributed by atoms with Crippen molar-refractivity contribution >= 4 is 45.9 Å². The number of nitrogens with two attached hydrogens (primary N) is 1. The number of fused-ring (bicyclic) bond motifs is 1. The number of nitrogens with one attached hydrogen (secondary N) is 1. The van der Waals surface area contributed by atoms with Crippen LogP contribution in [0.15, 0.2) is 18.3 Å². The van der Waals surface area contributed by atoms with Gasteiger partial charge in [-0.1, -0.05) is 49.9 Å². The summed E-state index contributed by atoms with van der Waals surface area (Å²) < 4.78 is 15.9. The molecule has 2 aromatic heterocycles. The number of benzene rings is 1. The van der Waals surface area contributed by atoms with Gasteiger partial charge in [0.1, 0.15) is 17.0 Å². The summed E-state index contributed by atoms with van der Waals surface area (Å²) in [5.41, 5.74) is 7.52. The Bertz CT molecular complexity index is 1110. The molecule has 1 aromatic carbocycles. The molecule has 0 bridgehead atoms.